The topological polar surface area (TPSA) is 35.9 Å². The smallest absolute Gasteiger partial charge is 0.122 e. The highest BCUT2D eigenvalue weighted by molar-refractivity contribution is 5.41. The zero-order valence-electron chi connectivity index (χ0n) is 16.8. The number of rotatable bonds is 6. The Balaban J connectivity index is 1.66. The largest absolute Gasteiger partial charge is 0.496 e. The molecule has 146 valence electrons. The van der Waals surface area contributed by atoms with Crippen molar-refractivity contribution in [3.8, 4) is 5.75 Å². The van der Waals surface area contributed by atoms with Crippen LogP contribution >= 0.6 is 0 Å². The molecular formula is C22H36N2O2. The monoisotopic (exact) mass is 360 g/mol. The van der Waals surface area contributed by atoms with E-state index in [9.17, 15) is 5.11 Å². The van der Waals surface area contributed by atoms with Crippen LogP contribution < -0.4 is 4.74 Å². The molecule has 0 bridgehead atoms. The Bertz CT molecular complexity index is 584. The van der Waals surface area contributed by atoms with Gasteiger partial charge in [0.1, 0.15) is 5.75 Å². The van der Waals surface area contributed by atoms with E-state index in [4.69, 9.17) is 4.74 Å². The molecule has 1 aliphatic heterocycles. The Morgan fingerprint density at radius 1 is 1.08 bits per heavy atom. The molecule has 0 spiro atoms. The van der Waals surface area contributed by atoms with Crippen LogP contribution in [0.5, 0.6) is 5.75 Å². The second kappa shape index (κ2) is 9.20. The van der Waals surface area contributed by atoms with E-state index in [1.54, 1.807) is 7.11 Å². The van der Waals surface area contributed by atoms with Gasteiger partial charge in [0.25, 0.3) is 0 Å². The van der Waals surface area contributed by atoms with E-state index in [-0.39, 0.29) is 0 Å². The minimum absolute atomic E-state index is 0.294. The van der Waals surface area contributed by atoms with Crippen LogP contribution in [0.15, 0.2) is 12.1 Å². The lowest BCUT2D eigenvalue weighted by Gasteiger charge is -2.46. The maximum Gasteiger partial charge on any atom is 0.122 e. The van der Waals surface area contributed by atoms with Crippen LogP contribution in [-0.4, -0.2) is 60.3 Å². The molecule has 1 heterocycles. The number of ether oxygens (including phenoxy) is 1. The van der Waals surface area contributed by atoms with Gasteiger partial charge in [0.15, 0.2) is 0 Å². The highest BCUT2D eigenvalue weighted by Gasteiger charge is 2.32. The number of hydrogen-bond donors (Lipinski definition) is 1. The van der Waals surface area contributed by atoms with Gasteiger partial charge in [-0.3, -0.25) is 9.80 Å². The minimum atomic E-state index is 0.294. The molecule has 3 rings (SSSR count). The number of aryl methyl sites for hydroxylation is 2. The fraction of sp³-hybridized carbons (Fsp3) is 0.727. The van der Waals surface area contributed by atoms with E-state index >= 15 is 0 Å². The Hall–Kier alpha value is -1.10. The Labute approximate surface area is 159 Å². The number of methoxy groups -OCH3 is 1. The highest BCUT2D eigenvalue weighted by Crippen LogP contribution is 2.28. The van der Waals surface area contributed by atoms with Gasteiger partial charge in [-0.15, -0.1) is 0 Å². The van der Waals surface area contributed by atoms with E-state index in [0.29, 0.717) is 12.6 Å². The highest BCUT2D eigenvalue weighted by atomic mass is 16.5. The van der Waals surface area contributed by atoms with Crippen molar-refractivity contribution in [1.29, 1.82) is 0 Å². The van der Waals surface area contributed by atoms with Crippen LogP contribution in [0.4, 0.5) is 0 Å². The van der Waals surface area contributed by atoms with Gasteiger partial charge in [-0.1, -0.05) is 25.3 Å². The van der Waals surface area contributed by atoms with Crippen molar-refractivity contribution in [2.24, 2.45) is 0 Å². The summed E-state index contributed by atoms with van der Waals surface area (Å²) in [5, 5.41) is 9.59. The Kier molecular flexibility index (Phi) is 6.96. The Morgan fingerprint density at radius 2 is 1.85 bits per heavy atom. The molecule has 0 amide bonds. The number of aliphatic hydroxyl groups excluding tert-OH is 1. The van der Waals surface area contributed by atoms with Crippen LogP contribution in [0.25, 0.3) is 0 Å². The van der Waals surface area contributed by atoms with Crippen molar-refractivity contribution < 1.29 is 9.84 Å². The molecule has 1 aliphatic carbocycles. The van der Waals surface area contributed by atoms with Crippen LogP contribution in [0, 0.1) is 13.8 Å². The Morgan fingerprint density at radius 3 is 2.54 bits per heavy atom. The van der Waals surface area contributed by atoms with Crippen LogP contribution in [0.3, 0.4) is 0 Å². The molecule has 4 heteroatoms. The maximum atomic E-state index is 9.59. The fourth-order valence-corrected chi connectivity index (χ4v) is 4.86. The van der Waals surface area contributed by atoms with Crippen LogP contribution in [-0.2, 0) is 6.54 Å². The summed E-state index contributed by atoms with van der Waals surface area (Å²) in [6, 6.07) is 5.68. The standard InChI is InChI=1S/C22H36N2O2/c1-17-14-22(26-3)18(2)13-19(17)15-23-10-11-24(21(16-23)9-12-25)20-7-5-4-6-8-20/h13-14,20-21,25H,4-12,15-16H2,1-3H3/t21-/m0/s1. The summed E-state index contributed by atoms with van der Waals surface area (Å²) >= 11 is 0. The first-order valence-electron chi connectivity index (χ1n) is 10.4. The lowest BCUT2D eigenvalue weighted by atomic mass is 9.91. The molecular weight excluding hydrogens is 324 g/mol. The summed E-state index contributed by atoms with van der Waals surface area (Å²) in [6.07, 6.45) is 7.74. The van der Waals surface area contributed by atoms with Gasteiger partial charge in [0.05, 0.1) is 7.11 Å². The van der Waals surface area contributed by atoms with Gasteiger partial charge in [-0.2, -0.15) is 0 Å². The molecule has 1 saturated heterocycles. The molecule has 1 saturated carbocycles. The van der Waals surface area contributed by atoms with Crippen molar-refractivity contribution in [3.05, 3.63) is 28.8 Å². The number of piperazine rings is 1. The average Bonchev–Trinajstić information content (AvgIpc) is 2.65. The first-order chi connectivity index (χ1) is 12.6. The molecule has 1 atom stereocenters. The predicted molar refractivity (Wildman–Crippen MR) is 107 cm³/mol. The second-order valence-corrected chi connectivity index (χ2v) is 8.18. The van der Waals surface area contributed by atoms with E-state index in [1.807, 2.05) is 0 Å². The van der Waals surface area contributed by atoms with E-state index < -0.39 is 0 Å². The summed E-state index contributed by atoms with van der Waals surface area (Å²) in [4.78, 5) is 5.30. The van der Waals surface area contributed by atoms with Crippen molar-refractivity contribution in [2.45, 2.75) is 71.0 Å². The van der Waals surface area contributed by atoms with Crippen LogP contribution in [0.2, 0.25) is 0 Å². The van der Waals surface area contributed by atoms with Crippen LogP contribution in [0.1, 0.15) is 55.2 Å². The molecule has 26 heavy (non-hydrogen) atoms. The third kappa shape index (κ3) is 4.59. The first-order valence-corrected chi connectivity index (χ1v) is 10.4. The van der Waals surface area contributed by atoms with Gasteiger partial charge in [-0.05, 0) is 55.9 Å². The van der Waals surface area contributed by atoms with Gasteiger partial charge < -0.3 is 9.84 Å². The second-order valence-electron chi connectivity index (χ2n) is 8.18. The van der Waals surface area contributed by atoms with E-state index in [1.165, 1.54) is 48.8 Å². The normalized spacial score (nSPS) is 23.3. The number of hydrogen-bond acceptors (Lipinski definition) is 4. The van der Waals surface area contributed by atoms with Crippen molar-refractivity contribution in [1.82, 2.24) is 9.80 Å². The zero-order valence-corrected chi connectivity index (χ0v) is 16.8. The molecule has 2 aliphatic rings. The molecule has 4 nitrogen and oxygen atoms in total. The third-order valence-corrected chi connectivity index (χ3v) is 6.37. The summed E-state index contributed by atoms with van der Waals surface area (Å²) in [5.74, 6) is 0.978. The quantitative estimate of drug-likeness (QED) is 0.842. The number of benzene rings is 1. The predicted octanol–water partition coefficient (Wildman–Crippen LogP) is 3.51. The molecule has 0 unspecified atom stereocenters. The lowest BCUT2D eigenvalue weighted by molar-refractivity contribution is 0.0136. The van der Waals surface area contributed by atoms with E-state index in [2.05, 4.69) is 35.8 Å². The SMILES string of the molecule is COc1cc(C)c(CN2CCN(C3CCCCC3)[C@@H](CCO)C2)cc1C. The van der Waals surface area contributed by atoms with Gasteiger partial charge >= 0.3 is 0 Å². The third-order valence-electron chi connectivity index (χ3n) is 6.37. The van der Waals surface area contributed by atoms with E-state index in [0.717, 1.165) is 44.4 Å². The molecule has 1 aromatic carbocycles. The fourth-order valence-electron chi connectivity index (χ4n) is 4.86. The van der Waals surface area contributed by atoms with Crippen molar-refractivity contribution >= 4 is 0 Å². The summed E-state index contributed by atoms with van der Waals surface area (Å²) in [5.41, 5.74) is 3.92. The molecule has 0 aromatic heterocycles. The first kappa shape index (κ1) is 19.7. The summed E-state index contributed by atoms with van der Waals surface area (Å²) < 4.78 is 5.45. The number of aliphatic hydroxyl groups is 1. The van der Waals surface area contributed by atoms with Gasteiger partial charge in [0, 0.05) is 44.9 Å². The average molecular weight is 361 g/mol. The van der Waals surface area contributed by atoms with Gasteiger partial charge in [-0.25, -0.2) is 0 Å². The minimum Gasteiger partial charge on any atom is -0.496 e. The van der Waals surface area contributed by atoms with Gasteiger partial charge in [0.2, 0.25) is 0 Å². The summed E-state index contributed by atoms with van der Waals surface area (Å²) in [6.45, 7) is 8.94. The molecule has 0 radical (unpaired) electrons. The molecule has 1 N–H and O–H groups in total. The molecule has 1 aromatic rings. The maximum absolute atomic E-state index is 9.59. The number of nitrogens with zero attached hydrogens (tertiary/aromatic N) is 2. The van der Waals surface area contributed by atoms with Crippen molar-refractivity contribution in [3.63, 3.8) is 0 Å². The zero-order chi connectivity index (χ0) is 18.5. The summed E-state index contributed by atoms with van der Waals surface area (Å²) in [7, 11) is 1.74. The van der Waals surface area contributed by atoms with Crippen molar-refractivity contribution in [2.75, 3.05) is 33.4 Å². The lowest BCUT2D eigenvalue weighted by Crippen LogP contribution is -2.56. The molecule has 2 fully saturated rings.